The molecule has 3 aromatic rings. The molecule has 1 aromatic heterocycles. The van der Waals surface area contributed by atoms with E-state index in [2.05, 4.69) is 4.98 Å². The number of carbonyl (C=O) groups is 1. The number of benzene rings is 2. The molecule has 0 saturated carbocycles. The monoisotopic (exact) mass is 420 g/mol. The number of amides is 1. The molecule has 0 unspecified atom stereocenters. The number of thioether (sulfide) groups is 1. The van der Waals surface area contributed by atoms with Gasteiger partial charge in [0.1, 0.15) is 5.82 Å². The molecule has 3 rings (SSSR count). The number of rotatable bonds is 5. The Labute approximate surface area is 171 Å². The molecule has 0 aliphatic carbocycles. The number of hydrogen-bond donors (Lipinski definition) is 0. The summed E-state index contributed by atoms with van der Waals surface area (Å²) in [5.41, 5.74) is 3.49. The second-order valence-electron chi connectivity index (χ2n) is 6.13. The van der Waals surface area contributed by atoms with Crippen molar-refractivity contribution in [3.63, 3.8) is 0 Å². The molecule has 0 spiro atoms. The van der Waals surface area contributed by atoms with E-state index in [-0.39, 0.29) is 11.7 Å². The van der Waals surface area contributed by atoms with Gasteiger partial charge in [0.2, 0.25) is 5.91 Å². The highest BCUT2D eigenvalue weighted by atomic mass is 35.5. The van der Waals surface area contributed by atoms with Crippen molar-refractivity contribution in [3.8, 4) is 0 Å². The second-order valence-corrected chi connectivity index (χ2v) is 8.42. The van der Waals surface area contributed by atoms with Gasteiger partial charge in [-0.2, -0.15) is 0 Å². The van der Waals surface area contributed by atoms with Crippen LogP contribution in [0.15, 0.2) is 46.7 Å². The van der Waals surface area contributed by atoms with Crippen LogP contribution in [0.1, 0.15) is 23.7 Å². The lowest BCUT2D eigenvalue weighted by molar-refractivity contribution is -0.115. The molecule has 0 bridgehead atoms. The van der Waals surface area contributed by atoms with Gasteiger partial charge < -0.3 is 0 Å². The molecule has 7 heteroatoms. The van der Waals surface area contributed by atoms with Gasteiger partial charge in [0, 0.05) is 23.0 Å². The van der Waals surface area contributed by atoms with E-state index in [0.717, 1.165) is 21.7 Å². The largest absolute Gasteiger partial charge is 0.274 e. The van der Waals surface area contributed by atoms with Crippen molar-refractivity contribution in [3.05, 3.63) is 69.4 Å². The molecule has 0 fully saturated rings. The summed E-state index contributed by atoms with van der Waals surface area (Å²) in [6, 6.07) is 10.2. The van der Waals surface area contributed by atoms with Crippen LogP contribution in [-0.4, -0.2) is 10.9 Å². The Morgan fingerprint density at radius 3 is 2.59 bits per heavy atom. The van der Waals surface area contributed by atoms with Gasteiger partial charge in [0.05, 0.1) is 16.4 Å². The highest BCUT2D eigenvalue weighted by Crippen LogP contribution is 2.38. The van der Waals surface area contributed by atoms with E-state index >= 15 is 0 Å². The predicted octanol–water partition coefficient (Wildman–Crippen LogP) is 6.53. The van der Waals surface area contributed by atoms with Crippen LogP contribution in [-0.2, 0) is 10.5 Å². The number of nitrogens with zero attached hydrogens (tertiary/aromatic N) is 2. The molecule has 3 nitrogen and oxygen atoms in total. The number of thiazole rings is 1. The fraction of sp³-hybridized carbons (Fsp3) is 0.200. The van der Waals surface area contributed by atoms with Crippen molar-refractivity contribution < 1.29 is 9.18 Å². The topological polar surface area (TPSA) is 33.2 Å². The third-order valence-corrected chi connectivity index (χ3v) is 6.08. The zero-order chi connectivity index (χ0) is 19.6. The summed E-state index contributed by atoms with van der Waals surface area (Å²) in [7, 11) is 0. The summed E-state index contributed by atoms with van der Waals surface area (Å²) in [4.78, 5) is 19.5. The van der Waals surface area contributed by atoms with Crippen LogP contribution in [0, 0.1) is 19.7 Å². The molecule has 0 atom stereocenters. The Morgan fingerprint density at radius 1 is 1.26 bits per heavy atom. The van der Waals surface area contributed by atoms with Crippen LogP contribution >= 0.6 is 34.7 Å². The molecule has 0 aliphatic rings. The number of carbonyl (C=O) groups excluding carboxylic acids is 1. The Morgan fingerprint density at radius 2 is 1.96 bits per heavy atom. The van der Waals surface area contributed by atoms with Crippen molar-refractivity contribution in [2.45, 2.75) is 31.4 Å². The van der Waals surface area contributed by atoms with Crippen LogP contribution in [0.2, 0.25) is 5.02 Å². The minimum atomic E-state index is -0.252. The third-order valence-electron chi connectivity index (χ3n) is 3.87. The molecule has 0 aliphatic heterocycles. The molecule has 0 saturated heterocycles. The lowest BCUT2D eigenvalue weighted by Gasteiger charge is -2.22. The van der Waals surface area contributed by atoms with E-state index in [1.807, 2.05) is 31.4 Å². The molecule has 1 amide bonds. The zero-order valence-electron chi connectivity index (χ0n) is 15.1. The lowest BCUT2D eigenvalue weighted by atomic mass is 10.1. The normalized spacial score (nSPS) is 10.9. The maximum atomic E-state index is 13.0. The van der Waals surface area contributed by atoms with Gasteiger partial charge >= 0.3 is 0 Å². The minimum Gasteiger partial charge on any atom is -0.274 e. The summed E-state index contributed by atoms with van der Waals surface area (Å²) in [6.07, 6.45) is 0. The van der Waals surface area contributed by atoms with Gasteiger partial charge in [-0.15, -0.1) is 23.1 Å². The van der Waals surface area contributed by atoms with Gasteiger partial charge in [-0.3, -0.25) is 9.69 Å². The third kappa shape index (κ3) is 4.69. The van der Waals surface area contributed by atoms with Gasteiger partial charge in [0.25, 0.3) is 0 Å². The summed E-state index contributed by atoms with van der Waals surface area (Å²) in [5.74, 6) is 0.239. The van der Waals surface area contributed by atoms with Crippen molar-refractivity contribution in [1.82, 2.24) is 4.98 Å². The average molecular weight is 421 g/mol. The molecular weight excluding hydrogens is 403 g/mol. The van der Waals surface area contributed by atoms with E-state index in [9.17, 15) is 9.18 Å². The van der Waals surface area contributed by atoms with E-state index in [1.54, 1.807) is 28.8 Å². The van der Waals surface area contributed by atoms with Crippen LogP contribution in [0.3, 0.4) is 0 Å². The molecule has 0 radical (unpaired) electrons. The van der Waals surface area contributed by atoms with E-state index in [1.165, 1.54) is 30.4 Å². The molecule has 2 aromatic carbocycles. The average Bonchev–Trinajstić information content (AvgIpc) is 3.05. The Hall–Kier alpha value is -1.89. The number of hydrogen-bond acceptors (Lipinski definition) is 4. The quantitative estimate of drug-likeness (QED) is 0.440. The van der Waals surface area contributed by atoms with Crippen LogP contribution < -0.4 is 4.90 Å². The van der Waals surface area contributed by atoms with Crippen molar-refractivity contribution in [1.29, 1.82) is 0 Å². The van der Waals surface area contributed by atoms with Gasteiger partial charge in [-0.05, 0) is 55.3 Å². The van der Waals surface area contributed by atoms with E-state index in [0.29, 0.717) is 21.6 Å². The fourth-order valence-corrected chi connectivity index (χ4v) is 4.91. The number of anilines is 2. The molecular formula is C20H18ClFN2OS2. The Kier molecular flexibility index (Phi) is 6.19. The second kappa shape index (κ2) is 8.42. The molecule has 1 heterocycles. The first kappa shape index (κ1) is 19.9. The first-order chi connectivity index (χ1) is 12.8. The predicted molar refractivity (Wildman–Crippen MR) is 112 cm³/mol. The lowest BCUT2D eigenvalue weighted by Crippen LogP contribution is -2.24. The number of aryl methyl sites for hydroxylation is 2. The summed E-state index contributed by atoms with van der Waals surface area (Å²) >= 11 is 9.40. The standard InChI is InChI=1S/C20H18ClFN2OS2/c1-12-8-13(2)19(18(21)9-12)24(14(3)25)20-23-16(11-27-20)10-26-17-6-4-15(22)5-7-17/h4-9,11H,10H2,1-3H3. The number of halogens is 2. The van der Waals surface area contributed by atoms with Crippen molar-refractivity contribution >= 4 is 51.4 Å². The Balaban J connectivity index is 1.84. The minimum absolute atomic E-state index is 0.143. The maximum absolute atomic E-state index is 13.0. The molecule has 27 heavy (non-hydrogen) atoms. The number of aromatic nitrogens is 1. The van der Waals surface area contributed by atoms with Crippen LogP contribution in [0.5, 0.6) is 0 Å². The van der Waals surface area contributed by atoms with Crippen LogP contribution in [0.4, 0.5) is 15.2 Å². The summed E-state index contributed by atoms with van der Waals surface area (Å²) in [6.45, 7) is 5.40. The van der Waals surface area contributed by atoms with E-state index < -0.39 is 0 Å². The molecule has 0 N–H and O–H groups in total. The summed E-state index contributed by atoms with van der Waals surface area (Å²) in [5, 5.41) is 3.05. The van der Waals surface area contributed by atoms with Gasteiger partial charge in [-0.25, -0.2) is 9.37 Å². The van der Waals surface area contributed by atoms with Gasteiger partial charge in [-0.1, -0.05) is 17.7 Å². The van der Waals surface area contributed by atoms with Crippen LogP contribution in [0.25, 0.3) is 0 Å². The van der Waals surface area contributed by atoms with Crippen molar-refractivity contribution in [2.75, 3.05) is 4.90 Å². The summed E-state index contributed by atoms with van der Waals surface area (Å²) < 4.78 is 13.0. The first-order valence-corrected chi connectivity index (χ1v) is 10.5. The highest BCUT2D eigenvalue weighted by Gasteiger charge is 2.22. The fourth-order valence-electron chi connectivity index (χ4n) is 2.73. The maximum Gasteiger partial charge on any atom is 0.230 e. The molecule has 140 valence electrons. The Bertz CT molecular complexity index is 949. The van der Waals surface area contributed by atoms with Gasteiger partial charge in [0.15, 0.2) is 5.13 Å². The smallest absolute Gasteiger partial charge is 0.230 e. The SMILES string of the molecule is CC(=O)N(c1nc(CSc2ccc(F)cc2)cs1)c1c(C)cc(C)cc1Cl. The highest BCUT2D eigenvalue weighted by molar-refractivity contribution is 7.98. The van der Waals surface area contributed by atoms with E-state index in [4.69, 9.17) is 11.6 Å². The zero-order valence-corrected chi connectivity index (χ0v) is 17.5. The van der Waals surface area contributed by atoms with Crippen molar-refractivity contribution in [2.24, 2.45) is 0 Å². The first-order valence-electron chi connectivity index (χ1n) is 8.25.